The van der Waals surface area contributed by atoms with Crippen LogP contribution in [0.3, 0.4) is 0 Å². The maximum atomic E-state index is 13.1. The summed E-state index contributed by atoms with van der Waals surface area (Å²) in [6.07, 6.45) is 4.79. The minimum atomic E-state index is -0.223. The van der Waals surface area contributed by atoms with Gasteiger partial charge in [-0.1, -0.05) is 66.6 Å². The molecule has 0 aliphatic carbocycles. The van der Waals surface area contributed by atoms with E-state index in [1.807, 2.05) is 48.6 Å². The SMILES string of the molecule is O=C(C#Cc1ccccc1)c1cc(CCn2c3ccccc3c3ccccc32)cc2c1OCC=C2. The highest BCUT2D eigenvalue weighted by Gasteiger charge is 2.18. The Labute approximate surface area is 204 Å². The number of para-hydroxylation sites is 2. The lowest BCUT2D eigenvalue weighted by Crippen LogP contribution is -2.09. The molecule has 5 aromatic rings. The number of benzene rings is 4. The first-order valence-electron chi connectivity index (χ1n) is 11.8. The molecule has 0 N–H and O–H groups in total. The van der Waals surface area contributed by atoms with Gasteiger partial charge in [0, 0.05) is 39.5 Å². The molecule has 168 valence electrons. The van der Waals surface area contributed by atoms with E-state index >= 15 is 0 Å². The predicted octanol–water partition coefficient (Wildman–Crippen LogP) is 6.68. The monoisotopic (exact) mass is 453 g/mol. The highest BCUT2D eigenvalue weighted by atomic mass is 16.5. The molecule has 0 spiro atoms. The number of ketones is 1. The van der Waals surface area contributed by atoms with Gasteiger partial charge in [0.2, 0.25) is 5.78 Å². The zero-order valence-corrected chi connectivity index (χ0v) is 19.2. The number of hydrogen-bond acceptors (Lipinski definition) is 2. The number of ether oxygens (including phenoxy) is 1. The van der Waals surface area contributed by atoms with Crippen molar-refractivity contribution in [3.63, 3.8) is 0 Å². The Balaban J connectivity index is 1.36. The van der Waals surface area contributed by atoms with E-state index in [0.29, 0.717) is 17.9 Å². The van der Waals surface area contributed by atoms with Crippen LogP contribution in [0.5, 0.6) is 5.75 Å². The van der Waals surface area contributed by atoms with Crippen molar-refractivity contribution in [2.45, 2.75) is 13.0 Å². The van der Waals surface area contributed by atoms with Gasteiger partial charge in [-0.05, 0) is 60.4 Å². The number of Topliss-reactive ketones (excluding diaryl/α,β-unsaturated/α-hetero) is 1. The summed E-state index contributed by atoms with van der Waals surface area (Å²) in [6, 6.07) is 30.7. The molecule has 6 rings (SSSR count). The van der Waals surface area contributed by atoms with Gasteiger partial charge in [0.05, 0.1) is 5.56 Å². The summed E-state index contributed by atoms with van der Waals surface area (Å²) in [5.41, 5.74) is 5.82. The Bertz CT molecular complexity index is 1610. The Morgan fingerprint density at radius 2 is 1.54 bits per heavy atom. The molecule has 35 heavy (non-hydrogen) atoms. The highest BCUT2D eigenvalue weighted by molar-refractivity contribution is 6.12. The highest BCUT2D eigenvalue weighted by Crippen LogP contribution is 2.32. The molecule has 1 aliphatic heterocycles. The van der Waals surface area contributed by atoms with Gasteiger partial charge in [-0.15, -0.1) is 0 Å². The minimum Gasteiger partial charge on any atom is -0.488 e. The number of aryl methyl sites for hydroxylation is 2. The molecule has 0 saturated heterocycles. The van der Waals surface area contributed by atoms with E-state index < -0.39 is 0 Å². The van der Waals surface area contributed by atoms with Crippen LogP contribution in [0.1, 0.15) is 27.0 Å². The molecule has 0 bridgehead atoms. The standard InChI is InChI=1S/C32H23NO2/c34-31(17-16-23-9-2-1-3-10-23)28-22-24(21-25-11-8-20-35-32(25)28)18-19-33-29-14-6-4-12-26(29)27-13-5-7-15-30(27)33/h1-15,21-22H,18-20H2. The van der Waals surface area contributed by atoms with E-state index in [2.05, 4.69) is 71.0 Å². The molecule has 0 radical (unpaired) electrons. The lowest BCUT2D eigenvalue weighted by Gasteiger charge is -2.17. The van der Waals surface area contributed by atoms with E-state index in [0.717, 1.165) is 29.7 Å². The molecule has 1 aromatic heterocycles. The van der Waals surface area contributed by atoms with Crippen LogP contribution >= 0.6 is 0 Å². The molecule has 0 unspecified atom stereocenters. The Kier molecular flexibility index (Phi) is 5.41. The van der Waals surface area contributed by atoms with Crippen molar-refractivity contribution in [3.05, 3.63) is 119 Å². The molecule has 0 amide bonds. The third-order valence-corrected chi connectivity index (χ3v) is 6.44. The van der Waals surface area contributed by atoms with Crippen LogP contribution in [0, 0.1) is 11.8 Å². The lowest BCUT2D eigenvalue weighted by atomic mass is 9.98. The first-order valence-corrected chi connectivity index (χ1v) is 11.8. The van der Waals surface area contributed by atoms with Crippen LogP contribution in [-0.2, 0) is 13.0 Å². The minimum absolute atomic E-state index is 0.223. The van der Waals surface area contributed by atoms with E-state index in [1.165, 1.54) is 21.8 Å². The summed E-state index contributed by atoms with van der Waals surface area (Å²) in [6.45, 7) is 1.26. The summed E-state index contributed by atoms with van der Waals surface area (Å²) >= 11 is 0. The molecule has 0 atom stereocenters. The molecule has 3 heteroatoms. The van der Waals surface area contributed by atoms with Crippen LogP contribution < -0.4 is 4.74 Å². The lowest BCUT2D eigenvalue weighted by molar-refractivity contribution is 0.105. The summed E-state index contributed by atoms with van der Waals surface area (Å²) in [5.74, 6) is 6.20. The first-order chi connectivity index (χ1) is 17.3. The fourth-order valence-electron chi connectivity index (χ4n) is 4.82. The van der Waals surface area contributed by atoms with Crippen LogP contribution in [0.4, 0.5) is 0 Å². The third kappa shape index (κ3) is 4.00. The van der Waals surface area contributed by atoms with Crippen molar-refractivity contribution in [2.24, 2.45) is 0 Å². The number of carbonyl (C=O) groups excluding carboxylic acids is 1. The van der Waals surface area contributed by atoms with Crippen LogP contribution in [0.15, 0.2) is 97.1 Å². The van der Waals surface area contributed by atoms with Crippen LogP contribution in [0.25, 0.3) is 27.9 Å². The normalized spacial score (nSPS) is 12.1. The average Bonchev–Trinajstić information content (AvgIpc) is 3.24. The second kappa shape index (κ2) is 9.00. The van der Waals surface area contributed by atoms with Crippen molar-refractivity contribution in [3.8, 4) is 17.6 Å². The van der Waals surface area contributed by atoms with Gasteiger partial charge < -0.3 is 9.30 Å². The second-order valence-corrected chi connectivity index (χ2v) is 8.66. The maximum Gasteiger partial charge on any atom is 0.240 e. The smallest absolute Gasteiger partial charge is 0.240 e. The molecule has 1 aliphatic rings. The number of hydrogen-bond donors (Lipinski definition) is 0. The predicted molar refractivity (Wildman–Crippen MR) is 142 cm³/mol. The van der Waals surface area contributed by atoms with Crippen LogP contribution in [-0.4, -0.2) is 17.0 Å². The van der Waals surface area contributed by atoms with E-state index in [-0.39, 0.29) is 5.78 Å². The molecule has 2 heterocycles. The Morgan fingerprint density at radius 1 is 0.857 bits per heavy atom. The topological polar surface area (TPSA) is 31.2 Å². The summed E-state index contributed by atoms with van der Waals surface area (Å²) < 4.78 is 8.24. The van der Waals surface area contributed by atoms with E-state index in [4.69, 9.17) is 4.74 Å². The molecule has 0 fully saturated rings. The first kappa shape index (κ1) is 21.0. The molecule has 3 nitrogen and oxygen atoms in total. The van der Waals surface area contributed by atoms with Gasteiger partial charge in [-0.3, -0.25) is 4.79 Å². The molecule has 4 aromatic carbocycles. The van der Waals surface area contributed by atoms with Gasteiger partial charge in [0.1, 0.15) is 12.4 Å². The molecular weight excluding hydrogens is 430 g/mol. The average molecular weight is 454 g/mol. The number of fused-ring (bicyclic) bond motifs is 4. The zero-order valence-electron chi connectivity index (χ0n) is 19.2. The Hall–Kier alpha value is -4.55. The van der Waals surface area contributed by atoms with Gasteiger partial charge >= 0.3 is 0 Å². The quantitative estimate of drug-likeness (QED) is 0.225. The van der Waals surface area contributed by atoms with Gasteiger partial charge in [0.15, 0.2) is 0 Å². The fourth-order valence-corrected chi connectivity index (χ4v) is 4.82. The number of nitrogens with zero attached hydrogens (tertiary/aromatic N) is 1. The van der Waals surface area contributed by atoms with E-state index in [1.54, 1.807) is 0 Å². The zero-order chi connectivity index (χ0) is 23.6. The summed E-state index contributed by atoms with van der Waals surface area (Å²) in [4.78, 5) is 13.1. The second-order valence-electron chi connectivity index (χ2n) is 8.66. The van der Waals surface area contributed by atoms with Crippen molar-refractivity contribution in [1.29, 1.82) is 0 Å². The van der Waals surface area contributed by atoms with Gasteiger partial charge in [0.25, 0.3) is 0 Å². The largest absolute Gasteiger partial charge is 0.488 e. The van der Waals surface area contributed by atoms with E-state index in [9.17, 15) is 4.79 Å². The van der Waals surface area contributed by atoms with Gasteiger partial charge in [-0.2, -0.15) is 0 Å². The van der Waals surface area contributed by atoms with Crippen molar-refractivity contribution in [1.82, 2.24) is 4.57 Å². The van der Waals surface area contributed by atoms with Crippen molar-refractivity contribution in [2.75, 3.05) is 6.61 Å². The van der Waals surface area contributed by atoms with Crippen molar-refractivity contribution < 1.29 is 9.53 Å². The number of rotatable bonds is 4. The van der Waals surface area contributed by atoms with Gasteiger partial charge in [-0.25, -0.2) is 0 Å². The molecule has 0 saturated carbocycles. The summed E-state index contributed by atoms with van der Waals surface area (Å²) in [5, 5.41) is 2.52. The Morgan fingerprint density at radius 3 is 2.29 bits per heavy atom. The fraction of sp³-hybridized carbons (Fsp3) is 0.0938. The van der Waals surface area contributed by atoms with Crippen molar-refractivity contribution >= 4 is 33.7 Å². The third-order valence-electron chi connectivity index (χ3n) is 6.44. The summed E-state index contributed by atoms with van der Waals surface area (Å²) in [7, 11) is 0. The maximum absolute atomic E-state index is 13.1. The van der Waals surface area contributed by atoms with Crippen LogP contribution in [0.2, 0.25) is 0 Å². The molecular formula is C32H23NO2. The number of aromatic nitrogens is 1. The number of carbonyl (C=O) groups is 1.